The van der Waals surface area contributed by atoms with Crippen molar-refractivity contribution < 1.29 is 0 Å². The molecule has 0 amide bonds. The molecular formula is C17H29N3. The van der Waals surface area contributed by atoms with E-state index in [1.54, 1.807) is 0 Å². The summed E-state index contributed by atoms with van der Waals surface area (Å²) >= 11 is 0. The van der Waals surface area contributed by atoms with Gasteiger partial charge in [0.15, 0.2) is 0 Å². The van der Waals surface area contributed by atoms with Crippen LogP contribution in [0.5, 0.6) is 0 Å². The molecule has 1 aliphatic rings. The summed E-state index contributed by atoms with van der Waals surface area (Å²) in [6.45, 7) is 9.69. The van der Waals surface area contributed by atoms with Crippen LogP contribution in [0.4, 0.5) is 5.82 Å². The summed E-state index contributed by atoms with van der Waals surface area (Å²) in [5.41, 5.74) is 8.74. The third-order valence-electron chi connectivity index (χ3n) is 5.17. The highest BCUT2D eigenvalue weighted by molar-refractivity contribution is 5.43. The zero-order valence-electron chi connectivity index (χ0n) is 13.3. The van der Waals surface area contributed by atoms with E-state index in [2.05, 4.69) is 37.8 Å². The van der Waals surface area contributed by atoms with E-state index in [9.17, 15) is 0 Å². The van der Waals surface area contributed by atoms with Crippen molar-refractivity contribution in [3.63, 3.8) is 0 Å². The highest BCUT2D eigenvalue weighted by atomic mass is 15.2. The Bertz CT molecular complexity index is 406. The Hall–Kier alpha value is -1.09. The van der Waals surface area contributed by atoms with Gasteiger partial charge in [0.1, 0.15) is 5.82 Å². The molecule has 2 N–H and O–H groups in total. The molecule has 20 heavy (non-hydrogen) atoms. The number of hydrogen-bond acceptors (Lipinski definition) is 3. The number of aryl methyl sites for hydroxylation is 1. The molecule has 0 aromatic carbocycles. The monoisotopic (exact) mass is 275 g/mol. The molecule has 1 aromatic rings. The maximum atomic E-state index is 5.81. The first kappa shape index (κ1) is 15.3. The first-order valence-electron chi connectivity index (χ1n) is 8.11. The van der Waals surface area contributed by atoms with E-state index < -0.39 is 0 Å². The summed E-state index contributed by atoms with van der Waals surface area (Å²) in [7, 11) is 0. The van der Waals surface area contributed by atoms with Crippen LogP contribution in [0.15, 0.2) is 12.1 Å². The maximum Gasteiger partial charge on any atom is 0.129 e. The summed E-state index contributed by atoms with van der Waals surface area (Å²) < 4.78 is 0. The lowest BCUT2D eigenvalue weighted by Gasteiger charge is -2.41. The van der Waals surface area contributed by atoms with Crippen LogP contribution in [0, 0.1) is 5.41 Å². The van der Waals surface area contributed by atoms with Crippen molar-refractivity contribution >= 4 is 5.82 Å². The molecule has 0 aliphatic carbocycles. The van der Waals surface area contributed by atoms with E-state index in [0.717, 1.165) is 31.0 Å². The number of anilines is 1. The van der Waals surface area contributed by atoms with Crippen molar-refractivity contribution in [3.05, 3.63) is 23.4 Å². The van der Waals surface area contributed by atoms with Gasteiger partial charge in [0, 0.05) is 25.3 Å². The van der Waals surface area contributed by atoms with Crippen LogP contribution in [-0.2, 0) is 13.0 Å². The van der Waals surface area contributed by atoms with E-state index >= 15 is 0 Å². The Morgan fingerprint density at radius 3 is 2.30 bits per heavy atom. The highest BCUT2D eigenvalue weighted by Gasteiger charge is 2.31. The third-order valence-corrected chi connectivity index (χ3v) is 5.17. The van der Waals surface area contributed by atoms with Gasteiger partial charge in [0.05, 0.1) is 0 Å². The Balaban J connectivity index is 2.14. The van der Waals surface area contributed by atoms with Gasteiger partial charge >= 0.3 is 0 Å². The van der Waals surface area contributed by atoms with Gasteiger partial charge in [-0.3, -0.25) is 0 Å². The van der Waals surface area contributed by atoms with E-state index in [1.165, 1.54) is 31.2 Å². The second kappa shape index (κ2) is 6.57. The summed E-state index contributed by atoms with van der Waals surface area (Å²) in [6, 6.07) is 4.31. The lowest BCUT2D eigenvalue weighted by atomic mass is 9.74. The Morgan fingerprint density at radius 1 is 1.15 bits per heavy atom. The first-order valence-corrected chi connectivity index (χ1v) is 8.11. The van der Waals surface area contributed by atoms with Crippen LogP contribution in [0.1, 0.15) is 57.7 Å². The Labute approximate surface area is 123 Å². The molecule has 0 spiro atoms. The van der Waals surface area contributed by atoms with Crippen LogP contribution >= 0.6 is 0 Å². The lowest BCUT2D eigenvalue weighted by Crippen LogP contribution is -2.40. The van der Waals surface area contributed by atoms with E-state index in [0.29, 0.717) is 12.0 Å². The molecule has 1 fully saturated rings. The van der Waals surface area contributed by atoms with Crippen molar-refractivity contribution in [2.75, 3.05) is 18.0 Å². The summed E-state index contributed by atoms with van der Waals surface area (Å²) in [5, 5.41) is 0. The van der Waals surface area contributed by atoms with Crippen molar-refractivity contribution in [2.45, 2.75) is 59.4 Å². The van der Waals surface area contributed by atoms with Gasteiger partial charge in [0.2, 0.25) is 0 Å². The van der Waals surface area contributed by atoms with Gasteiger partial charge in [-0.2, -0.15) is 0 Å². The summed E-state index contributed by atoms with van der Waals surface area (Å²) in [4.78, 5) is 7.24. The molecule has 1 saturated heterocycles. The minimum Gasteiger partial charge on any atom is -0.357 e. The molecule has 3 heteroatoms. The van der Waals surface area contributed by atoms with Crippen LogP contribution in [0.25, 0.3) is 0 Å². The van der Waals surface area contributed by atoms with Crippen molar-refractivity contribution in [3.8, 4) is 0 Å². The third kappa shape index (κ3) is 3.14. The summed E-state index contributed by atoms with van der Waals surface area (Å²) in [5.74, 6) is 1.13. The lowest BCUT2D eigenvalue weighted by molar-refractivity contribution is 0.199. The quantitative estimate of drug-likeness (QED) is 0.894. The van der Waals surface area contributed by atoms with Gasteiger partial charge in [-0.1, -0.05) is 33.6 Å². The molecule has 0 radical (unpaired) electrons. The molecule has 1 aliphatic heterocycles. The number of piperidine rings is 1. The minimum absolute atomic E-state index is 0.565. The van der Waals surface area contributed by atoms with Crippen molar-refractivity contribution in [2.24, 2.45) is 11.1 Å². The van der Waals surface area contributed by atoms with E-state index in [1.807, 2.05) is 0 Å². The summed E-state index contributed by atoms with van der Waals surface area (Å²) in [6.07, 6.45) is 6.15. The topological polar surface area (TPSA) is 42.1 Å². The number of rotatable bonds is 5. The fraction of sp³-hybridized carbons (Fsp3) is 0.706. The average Bonchev–Trinajstić information content (AvgIpc) is 2.54. The Morgan fingerprint density at radius 2 is 1.80 bits per heavy atom. The maximum absolute atomic E-state index is 5.81. The predicted molar refractivity (Wildman–Crippen MR) is 86.0 cm³/mol. The number of hydrogen-bond donors (Lipinski definition) is 1. The second-order valence-electron chi connectivity index (χ2n) is 6.08. The number of nitrogens with two attached hydrogens (primary N) is 1. The van der Waals surface area contributed by atoms with Crippen molar-refractivity contribution in [1.29, 1.82) is 0 Å². The van der Waals surface area contributed by atoms with E-state index in [4.69, 9.17) is 10.7 Å². The minimum atomic E-state index is 0.565. The Kier molecular flexibility index (Phi) is 5.03. The molecule has 3 nitrogen and oxygen atoms in total. The second-order valence-corrected chi connectivity index (χ2v) is 6.08. The van der Waals surface area contributed by atoms with Crippen molar-refractivity contribution in [1.82, 2.24) is 4.98 Å². The SMILES string of the molecule is CCc1cc(CN)cc(N2CCC(CC)(CC)CC2)n1. The van der Waals surface area contributed by atoms with Gasteiger partial charge in [-0.25, -0.2) is 4.98 Å². The zero-order valence-corrected chi connectivity index (χ0v) is 13.3. The molecule has 2 heterocycles. The normalized spacial score (nSPS) is 18.3. The molecule has 0 bridgehead atoms. The molecule has 0 saturated carbocycles. The van der Waals surface area contributed by atoms with Gasteiger partial charge in [-0.15, -0.1) is 0 Å². The van der Waals surface area contributed by atoms with Crippen LogP contribution in [0.2, 0.25) is 0 Å². The fourth-order valence-electron chi connectivity index (χ4n) is 3.26. The molecule has 1 aromatic heterocycles. The molecule has 2 rings (SSSR count). The number of nitrogens with zero attached hydrogens (tertiary/aromatic N) is 2. The zero-order chi connectivity index (χ0) is 14.6. The van der Waals surface area contributed by atoms with Crippen LogP contribution < -0.4 is 10.6 Å². The molecular weight excluding hydrogens is 246 g/mol. The molecule has 0 atom stereocenters. The van der Waals surface area contributed by atoms with Crippen LogP contribution in [0.3, 0.4) is 0 Å². The largest absolute Gasteiger partial charge is 0.357 e. The van der Waals surface area contributed by atoms with Gasteiger partial charge in [0.25, 0.3) is 0 Å². The van der Waals surface area contributed by atoms with Gasteiger partial charge < -0.3 is 10.6 Å². The van der Waals surface area contributed by atoms with Gasteiger partial charge in [-0.05, 0) is 42.4 Å². The molecule has 0 unspecified atom stereocenters. The average molecular weight is 275 g/mol. The molecule has 112 valence electrons. The fourth-order valence-corrected chi connectivity index (χ4v) is 3.26. The van der Waals surface area contributed by atoms with E-state index in [-0.39, 0.29) is 0 Å². The highest BCUT2D eigenvalue weighted by Crippen LogP contribution is 2.38. The smallest absolute Gasteiger partial charge is 0.129 e. The number of aromatic nitrogens is 1. The number of pyridine rings is 1. The van der Waals surface area contributed by atoms with Crippen LogP contribution in [-0.4, -0.2) is 18.1 Å². The predicted octanol–water partition coefficient (Wildman–Crippen LogP) is 3.51. The first-order chi connectivity index (χ1) is 9.66. The standard InChI is InChI=1S/C17H29N3/c1-4-15-11-14(13-18)12-16(19-15)20-9-7-17(5-2,6-3)8-10-20/h11-12H,4-10,13,18H2,1-3H3.